The molecule has 0 spiro atoms. The smallest absolute Gasteiger partial charge is 0.0766 e. The highest BCUT2D eigenvalue weighted by Gasteiger charge is 2.14. The highest BCUT2D eigenvalue weighted by atomic mass is 79.9. The number of hydrogen-bond acceptors (Lipinski definition) is 3. The predicted octanol–water partition coefficient (Wildman–Crippen LogP) is 3.25. The summed E-state index contributed by atoms with van der Waals surface area (Å²) >= 11 is 3.41. The first-order valence-corrected chi connectivity index (χ1v) is 6.76. The molecule has 1 N–H and O–H groups in total. The van der Waals surface area contributed by atoms with Crippen LogP contribution in [0.4, 0.5) is 0 Å². The third kappa shape index (κ3) is 3.15. The molecule has 0 aliphatic carbocycles. The Bertz CT molecular complexity index is 511. The fourth-order valence-electron chi connectivity index (χ4n) is 1.89. The minimum absolute atomic E-state index is 0.0931. The van der Waals surface area contributed by atoms with Crippen molar-refractivity contribution in [3.8, 4) is 0 Å². The number of nitrogens with one attached hydrogen (secondary N) is 1. The van der Waals surface area contributed by atoms with Crippen molar-refractivity contribution in [2.45, 2.75) is 19.9 Å². The first-order chi connectivity index (χ1) is 8.70. The van der Waals surface area contributed by atoms with E-state index < -0.39 is 0 Å². The van der Waals surface area contributed by atoms with Crippen LogP contribution in [-0.2, 0) is 0 Å². The zero-order valence-electron chi connectivity index (χ0n) is 10.5. The van der Waals surface area contributed by atoms with Gasteiger partial charge in [0.1, 0.15) is 0 Å². The number of aromatic nitrogens is 2. The van der Waals surface area contributed by atoms with Gasteiger partial charge in [0.05, 0.1) is 11.7 Å². The van der Waals surface area contributed by atoms with Gasteiger partial charge < -0.3 is 5.32 Å². The molecule has 2 heterocycles. The lowest BCUT2D eigenvalue weighted by atomic mass is 10.0. The van der Waals surface area contributed by atoms with Crippen molar-refractivity contribution < 1.29 is 0 Å². The molecular weight excluding hydrogens is 290 g/mol. The van der Waals surface area contributed by atoms with Crippen LogP contribution in [0, 0.1) is 6.92 Å². The average molecular weight is 306 g/mol. The van der Waals surface area contributed by atoms with Crippen molar-refractivity contribution in [3.05, 3.63) is 58.1 Å². The lowest BCUT2D eigenvalue weighted by Crippen LogP contribution is -2.23. The maximum absolute atomic E-state index is 4.47. The van der Waals surface area contributed by atoms with Gasteiger partial charge in [0.25, 0.3) is 0 Å². The molecule has 94 valence electrons. The Morgan fingerprint density at radius 3 is 2.72 bits per heavy atom. The van der Waals surface area contributed by atoms with Crippen LogP contribution < -0.4 is 5.32 Å². The number of halogens is 1. The van der Waals surface area contributed by atoms with Crippen LogP contribution in [0.2, 0.25) is 0 Å². The summed E-state index contributed by atoms with van der Waals surface area (Å²) in [5.41, 5.74) is 3.31. The molecule has 0 radical (unpaired) electrons. The molecule has 4 heteroatoms. The summed E-state index contributed by atoms with van der Waals surface area (Å²) in [6.07, 6.45) is 5.58. The first kappa shape index (κ1) is 13.2. The third-order valence-corrected chi connectivity index (χ3v) is 3.15. The Labute approximate surface area is 116 Å². The van der Waals surface area contributed by atoms with Crippen molar-refractivity contribution in [1.29, 1.82) is 0 Å². The minimum Gasteiger partial charge on any atom is -0.305 e. The molecule has 0 bridgehead atoms. The van der Waals surface area contributed by atoms with E-state index in [2.05, 4.69) is 51.1 Å². The highest BCUT2D eigenvalue weighted by Crippen LogP contribution is 2.21. The molecule has 0 saturated carbocycles. The highest BCUT2D eigenvalue weighted by molar-refractivity contribution is 9.10. The van der Waals surface area contributed by atoms with E-state index in [0.29, 0.717) is 0 Å². The molecule has 18 heavy (non-hydrogen) atoms. The Balaban J connectivity index is 2.36. The molecule has 0 aliphatic rings. The summed E-state index contributed by atoms with van der Waals surface area (Å²) in [7, 11) is 0. The van der Waals surface area contributed by atoms with Gasteiger partial charge in [-0.1, -0.05) is 13.0 Å². The number of hydrogen-bond donors (Lipinski definition) is 1. The number of aryl methyl sites for hydroxylation is 1. The maximum Gasteiger partial charge on any atom is 0.0766 e. The van der Waals surface area contributed by atoms with Crippen LogP contribution in [0.5, 0.6) is 0 Å². The maximum atomic E-state index is 4.47. The molecule has 0 amide bonds. The van der Waals surface area contributed by atoms with E-state index in [-0.39, 0.29) is 6.04 Å². The van der Waals surface area contributed by atoms with Crippen molar-refractivity contribution in [2.75, 3.05) is 6.54 Å². The molecule has 0 aliphatic heterocycles. The molecule has 1 unspecified atom stereocenters. The summed E-state index contributed by atoms with van der Waals surface area (Å²) in [5.74, 6) is 0. The first-order valence-electron chi connectivity index (χ1n) is 5.97. The lowest BCUT2D eigenvalue weighted by Gasteiger charge is -2.18. The van der Waals surface area contributed by atoms with E-state index in [4.69, 9.17) is 0 Å². The van der Waals surface area contributed by atoms with Gasteiger partial charge in [-0.3, -0.25) is 9.97 Å². The third-order valence-electron chi connectivity index (χ3n) is 2.68. The second kappa shape index (κ2) is 6.07. The quantitative estimate of drug-likeness (QED) is 0.942. The van der Waals surface area contributed by atoms with Crippen molar-refractivity contribution in [3.63, 3.8) is 0 Å². The number of pyridine rings is 2. The largest absolute Gasteiger partial charge is 0.305 e. The number of nitrogens with zero attached hydrogens (tertiary/aromatic N) is 2. The normalized spacial score (nSPS) is 12.4. The predicted molar refractivity (Wildman–Crippen MR) is 76.4 cm³/mol. The van der Waals surface area contributed by atoms with Crippen molar-refractivity contribution in [1.82, 2.24) is 15.3 Å². The van der Waals surface area contributed by atoms with E-state index in [0.717, 1.165) is 27.8 Å². The van der Waals surface area contributed by atoms with Gasteiger partial charge in [-0.15, -0.1) is 0 Å². The zero-order valence-corrected chi connectivity index (χ0v) is 12.1. The van der Waals surface area contributed by atoms with Gasteiger partial charge in [0.15, 0.2) is 0 Å². The topological polar surface area (TPSA) is 37.8 Å². The van der Waals surface area contributed by atoms with Crippen LogP contribution in [0.3, 0.4) is 0 Å². The Kier molecular flexibility index (Phi) is 4.44. The fourth-order valence-corrected chi connectivity index (χ4v) is 2.13. The van der Waals surface area contributed by atoms with E-state index in [1.165, 1.54) is 0 Å². The molecule has 2 rings (SSSR count). The van der Waals surface area contributed by atoms with Gasteiger partial charge in [-0.2, -0.15) is 0 Å². The van der Waals surface area contributed by atoms with Gasteiger partial charge in [0.2, 0.25) is 0 Å². The monoisotopic (exact) mass is 305 g/mol. The second-order valence-corrected chi connectivity index (χ2v) is 5.10. The van der Waals surface area contributed by atoms with Crippen LogP contribution in [-0.4, -0.2) is 16.5 Å². The molecule has 2 aromatic heterocycles. The average Bonchev–Trinajstić information content (AvgIpc) is 2.37. The molecular formula is C14H16BrN3. The van der Waals surface area contributed by atoms with Gasteiger partial charge in [-0.05, 0) is 52.7 Å². The van der Waals surface area contributed by atoms with Gasteiger partial charge >= 0.3 is 0 Å². The molecule has 1 atom stereocenters. The van der Waals surface area contributed by atoms with E-state index in [1.807, 2.05) is 30.7 Å². The molecule has 0 aromatic carbocycles. The van der Waals surface area contributed by atoms with E-state index in [9.17, 15) is 0 Å². The summed E-state index contributed by atoms with van der Waals surface area (Å²) in [6, 6.07) is 6.27. The molecule has 2 aromatic rings. The SMILES string of the molecule is CCNC(c1cncc(C)c1)c1ccc(Br)cn1. The van der Waals surface area contributed by atoms with E-state index in [1.54, 1.807) is 0 Å². The Morgan fingerprint density at radius 1 is 1.28 bits per heavy atom. The van der Waals surface area contributed by atoms with Crippen molar-refractivity contribution >= 4 is 15.9 Å². The van der Waals surface area contributed by atoms with Crippen molar-refractivity contribution in [2.24, 2.45) is 0 Å². The molecule has 3 nitrogen and oxygen atoms in total. The van der Waals surface area contributed by atoms with Crippen LogP contribution in [0.1, 0.15) is 29.8 Å². The fraction of sp³-hybridized carbons (Fsp3) is 0.286. The molecule has 0 fully saturated rings. The number of rotatable bonds is 4. The zero-order chi connectivity index (χ0) is 13.0. The summed E-state index contributed by atoms with van der Waals surface area (Å²) in [6.45, 7) is 5.03. The summed E-state index contributed by atoms with van der Waals surface area (Å²) in [4.78, 5) is 8.72. The van der Waals surface area contributed by atoms with Gasteiger partial charge in [-0.25, -0.2) is 0 Å². The summed E-state index contributed by atoms with van der Waals surface area (Å²) < 4.78 is 0.990. The van der Waals surface area contributed by atoms with Crippen LogP contribution in [0.25, 0.3) is 0 Å². The minimum atomic E-state index is 0.0931. The molecule has 0 saturated heterocycles. The Hall–Kier alpha value is -1.26. The lowest BCUT2D eigenvalue weighted by molar-refractivity contribution is 0.613. The van der Waals surface area contributed by atoms with Crippen LogP contribution in [0.15, 0.2) is 41.3 Å². The van der Waals surface area contributed by atoms with Crippen LogP contribution >= 0.6 is 15.9 Å². The summed E-state index contributed by atoms with van der Waals surface area (Å²) in [5, 5.41) is 3.44. The van der Waals surface area contributed by atoms with Gasteiger partial charge in [0, 0.05) is 23.1 Å². The second-order valence-electron chi connectivity index (χ2n) is 4.19. The standard InChI is InChI=1S/C14H16BrN3/c1-3-17-14(11-6-10(2)7-16-8-11)13-5-4-12(15)9-18-13/h4-9,14,17H,3H2,1-2H3. The Morgan fingerprint density at radius 2 is 2.11 bits per heavy atom. The van der Waals surface area contributed by atoms with E-state index >= 15 is 0 Å².